The Morgan fingerprint density at radius 2 is 1.75 bits per heavy atom. The number of furan rings is 1. The van der Waals surface area contributed by atoms with Crippen molar-refractivity contribution in [1.82, 2.24) is 4.90 Å². The van der Waals surface area contributed by atoms with Crippen molar-refractivity contribution in [2.75, 3.05) is 7.05 Å². The number of benzene rings is 1. The summed E-state index contributed by atoms with van der Waals surface area (Å²) in [5.41, 5.74) is 0. The number of ether oxygens (including phenoxy) is 1. The molecule has 4 aliphatic rings. The Balaban J connectivity index is 1.25. The van der Waals surface area contributed by atoms with E-state index in [1.807, 2.05) is 11.9 Å². The van der Waals surface area contributed by atoms with Crippen molar-refractivity contribution in [1.29, 1.82) is 0 Å². The summed E-state index contributed by atoms with van der Waals surface area (Å²) >= 11 is 0. The predicted octanol–water partition coefficient (Wildman–Crippen LogP) is 4.89. The van der Waals surface area contributed by atoms with Gasteiger partial charge in [-0.15, -0.1) is 0 Å². The van der Waals surface area contributed by atoms with E-state index in [4.69, 9.17) is 9.15 Å². The lowest BCUT2D eigenvalue weighted by molar-refractivity contribution is -0.0497. The Hall–Kier alpha value is -2.30. The van der Waals surface area contributed by atoms with Crippen LogP contribution in [0.1, 0.15) is 48.4 Å². The van der Waals surface area contributed by atoms with Crippen molar-refractivity contribution >= 4 is 5.91 Å². The number of amides is 1. The highest BCUT2D eigenvalue weighted by Gasteiger charge is 2.50. The molecule has 1 aromatic carbocycles. The second-order valence-corrected chi connectivity index (χ2v) is 8.82. The minimum atomic E-state index is -0.410. The van der Waals surface area contributed by atoms with Crippen LogP contribution < -0.4 is 4.74 Å². The van der Waals surface area contributed by atoms with Crippen LogP contribution in [0.4, 0.5) is 4.39 Å². The maximum atomic E-state index is 13.7. The molecule has 0 atom stereocenters. The molecule has 4 saturated carbocycles. The highest BCUT2D eigenvalue weighted by atomic mass is 19.1. The van der Waals surface area contributed by atoms with Crippen molar-refractivity contribution in [3.05, 3.63) is 53.7 Å². The van der Waals surface area contributed by atoms with Crippen LogP contribution in [0, 0.1) is 29.5 Å². The summed E-state index contributed by atoms with van der Waals surface area (Å²) in [6.07, 6.45) is 6.50. The SMILES string of the molecule is CN(C(=O)c1ccc(COc2ccccc2F)o1)C1C2CC3CC(C2)CC1C3. The fourth-order valence-electron chi connectivity index (χ4n) is 6.12. The number of nitrogens with zero attached hydrogens (tertiary/aromatic N) is 1. The Kier molecular flexibility index (Phi) is 4.41. The van der Waals surface area contributed by atoms with Gasteiger partial charge in [0.25, 0.3) is 5.91 Å². The molecule has 0 spiro atoms. The topological polar surface area (TPSA) is 42.7 Å². The lowest BCUT2D eigenvalue weighted by Crippen LogP contribution is -2.56. The Morgan fingerprint density at radius 1 is 1.07 bits per heavy atom. The third kappa shape index (κ3) is 3.11. The van der Waals surface area contributed by atoms with E-state index in [-0.39, 0.29) is 18.3 Å². The van der Waals surface area contributed by atoms with E-state index in [9.17, 15) is 9.18 Å². The highest BCUT2D eigenvalue weighted by molar-refractivity contribution is 5.91. The number of hydrogen-bond donors (Lipinski definition) is 0. The molecule has 0 radical (unpaired) electrons. The van der Waals surface area contributed by atoms with Crippen molar-refractivity contribution in [2.45, 2.75) is 44.8 Å². The molecule has 0 N–H and O–H groups in total. The minimum absolute atomic E-state index is 0.0605. The van der Waals surface area contributed by atoms with Gasteiger partial charge in [0.1, 0.15) is 12.4 Å². The van der Waals surface area contributed by atoms with Gasteiger partial charge in [0.2, 0.25) is 0 Å². The van der Waals surface area contributed by atoms with Gasteiger partial charge < -0.3 is 14.1 Å². The molecule has 4 aliphatic carbocycles. The van der Waals surface area contributed by atoms with Gasteiger partial charge >= 0.3 is 0 Å². The van der Waals surface area contributed by atoms with Crippen LogP contribution in [0.5, 0.6) is 5.75 Å². The van der Waals surface area contributed by atoms with Gasteiger partial charge in [0.05, 0.1) is 0 Å². The largest absolute Gasteiger partial charge is 0.483 e. The van der Waals surface area contributed by atoms with E-state index in [1.165, 1.54) is 38.2 Å². The maximum Gasteiger partial charge on any atom is 0.289 e. The third-order valence-corrected chi connectivity index (χ3v) is 7.02. The molecule has 6 rings (SSSR count). The van der Waals surface area contributed by atoms with E-state index in [1.54, 1.807) is 30.3 Å². The number of carbonyl (C=O) groups is 1. The van der Waals surface area contributed by atoms with Crippen LogP contribution >= 0.6 is 0 Å². The Bertz CT molecular complexity index is 848. The lowest BCUT2D eigenvalue weighted by atomic mass is 9.54. The van der Waals surface area contributed by atoms with Gasteiger partial charge in [0.15, 0.2) is 17.3 Å². The van der Waals surface area contributed by atoms with E-state index in [0.717, 1.165) is 11.8 Å². The second kappa shape index (κ2) is 6.94. The van der Waals surface area contributed by atoms with Crippen molar-refractivity contribution in [3.63, 3.8) is 0 Å². The summed E-state index contributed by atoms with van der Waals surface area (Å²) in [4.78, 5) is 15.0. The molecule has 4 bridgehead atoms. The van der Waals surface area contributed by atoms with E-state index in [2.05, 4.69) is 0 Å². The van der Waals surface area contributed by atoms with Crippen LogP contribution in [0.3, 0.4) is 0 Å². The van der Waals surface area contributed by atoms with Gasteiger partial charge in [-0.3, -0.25) is 4.79 Å². The summed E-state index contributed by atoms with van der Waals surface area (Å²) in [5.74, 6) is 3.61. The number of para-hydroxylation sites is 1. The zero-order valence-corrected chi connectivity index (χ0v) is 16.1. The first kappa shape index (κ1) is 17.8. The molecule has 148 valence electrons. The number of halogens is 1. The molecule has 0 aliphatic heterocycles. The first-order valence-corrected chi connectivity index (χ1v) is 10.3. The average molecular weight is 383 g/mol. The van der Waals surface area contributed by atoms with Crippen LogP contribution in [0.2, 0.25) is 0 Å². The minimum Gasteiger partial charge on any atom is -0.483 e. The van der Waals surface area contributed by atoms with Crippen molar-refractivity contribution in [3.8, 4) is 5.75 Å². The van der Waals surface area contributed by atoms with Gasteiger partial charge in [-0.25, -0.2) is 4.39 Å². The summed E-state index contributed by atoms with van der Waals surface area (Å²) in [6.45, 7) is 0.0932. The quantitative estimate of drug-likeness (QED) is 0.738. The summed E-state index contributed by atoms with van der Waals surface area (Å²) < 4.78 is 24.9. The lowest BCUT2D eigenvalue weighted by Gasteiger charge is -2.56. The molecule has 4 nitrogen and oxygen atoms in total. The Labute approximate surface area is 164 Å². The number of rotatable bonds is 5. The molecule has 1 amide bonds. The van der Waals surface area contributed by atoms with E-state index >= 15 is 0 Å². The summed E-state index contributed by atoms with van der Waals surface area (Å²) in [7, 11) is 1.92. The van der Waals surface area contributed by atoms with Gasteiger partial charge in [-0.05, 0) is 80.0 Å². The van der Waals surface area contributed by atoms with Crippen LogP contribution in [-0.2, 0) is 6.61 Å². The molecule has 0 unspecified atom stereocenters. The van der Waals surface area contributed by atoms with Gasteiger partial charge in [-0.2, -0.15) is 0 Å². The summed E-state index contributed by atoms with van der Waals surface area (Å²) in [6, 6.07) is 10.0. The zero-order valence-electron chi connectivity index (χ0n) is 16.1. The molecule has 1 aromatic heterocycles. The third-order valence-electron chi connectivity index (χ3n) is 7.02. The molecular weight excluding hydrogens is 357 g/mol. The van der Waals surface area contributed by atoms with Gasteiger partial charge in [0, 0.05) is 13.1 Å². The number of hydrogen-bond acceptors (Lipinski definition) is 3. The first-order valence-electron chi connectivity index (χ1n) is 10.3. The molecular formula is C23H26FNO3. The van der Waals surface area contributed by atoms with E-state index < -0.39 is 5.82 Å². The standard InChI is InChI=1S/C23H26FNO3/c1-25(22-16-9-14-8-15(11-16)12-17(22)10-14)23(26)21-7-6-18(28-21)13-27-20-5-3-2-4-19(20)24/h2-7,14-17,22H,8-13H2,1H3. The van der Waals surface area contributed by atoms with Crippen LogP contribution in [0.25, 0.3) is 0 Å². The molecule has 4 fully saturated rings. The normalized spacial score (nSPS) is 30.4. The Morgan fingerprint density at radius 3 is 2.43 bits per heavy atom. The highest BCUT2D eigenvalue weighted by Crippen LogP contribution is 2.55. The fourth-order valence-corrected chi connectivity index (χ4v) is 6.12. The van der Waals surface area contributed by atoms with Crippen molar-refractivity contribution < 1.29 is 18.3 Å². The van der Waals surface area contributed by atoms with Crippen molar-refractivity contribution in [2.24, 2.45) is 23.7 Å². The monoisotopic (exact) mass is 383 g/mol. The first-order chi connectivity index (χ1) is 13.6. The molecule has 28 heavy (non-hydrogen) atoms. The number of carbonyl (C=O) groups excluding carboxylic acids is 1. The predicted molar refractivity (Wildman–Crippen MR) is 102 cm³/mol. The molecule has 1 heterocycles. The molecule has 0 saturated heterocycles. The summed E-state index contributed by atoms with van der Waals surface area (Å²) in [5, 5.41) is 0. The van der Waals surface area contributed by atoms with E-state index in [0.29, 0.717) is 29.4 Å². The van der Waals surface area contributed by atoms with Crippen LogP contribution in [0.15, 0.2) is 40.8 Å². The van der Waals surface area contributed by atoms with Crippen LogP contribution in [-0.4, -0.2) is 23.9 Å². The smallest absolute Gasteiger partial charge is 0.289 e. The zero-order chi connectivity index (χ0) is 19.3. The maximum absolute atomic E-state index is 13.7. The fraction of sp³-hybridized carbons (Fsp3) is 0.522. The second-order valence-electron chi connectivity index (χ2n) is 8.82. The van der Waals surface area contributed by atoms with Gasteiger partial charge in [-0.1, -0.05) is 12.1 Å². The molecule has 2 aromatic rings. The average Bonchev–Trinajstić information content (AvgIpc) is 3.15. The molecule has 5 heteroatoms.